The minimum absolute atomic E-state index is 0.0737. The summed E-state index contributed by atoms with van der Waals surface area (Å²) < 4.78 is 0. The highest BCUT2D eigenvalue weighted by Crippen LogP contribution is 2.10. The second kappa shape index (κ2) is 4.38. The molecule has 1 heterocycles. The average Bonchev–Trinajstić information content (AvgIpc) is 2.52. The van der Waals surface area contributed by atoms with Crippen molar-refractivity contribution in [2.75, 3.05) is 11.9 Å². The van der Waals surface area contributed by atoms with Gasteiger partial charge in [-0.15, -0.1) is 0 Å². The summed E-state index contributed by atoms with van der Waals surface area (Å²) in [5.41, 5.74) is 5.08. The van der Waals surface area contributed by atoms with Gasteiger partial charge in [0.2, 0.25) is 5.91 Å². The first-order valence-electron chi connectivity index (χ1n) is 3.91. The topological polar surface area (TPSA) is 121 Å². The lowest BCUT2D eigenvalue weighted by Crippen LogP contribution is -2.17. The Kier molecular flexibility index (Phi) is 3.19. The van der Waals surface area contributed by atoms with E-state index >= 15 is 0 Å². The normalized spacial score (nSPS) is 9.79. The first-order chi connectivity index (χ1) is 6.65. The Balaban J connectivity index is 2.71. The van der Waals surface area contributed by atoms with Gasteiger partial charge in [0.15, 0.2) is 0 Å². The van der Waals surface area contributed by atoms with Crippen molar-refractivity contribution in [2.24, 2.45) is 5.73 Å². The zero-order chi connectivity index (χ0) is 10.6. The number of carboxylic acids is 1. The minimum Gasteiger partial charge on any atom is -0.477 e. The molecule has 5 N–H and O–H groups in total. The van der Waals surface area contributed by atoms with Gasteiger partial charge in [-0.1, -0.05) is 0 Å². The molecule has 1 aromatic heterocycles. The average molecular weight is 198 g/mol. The van der Waals surface area contributed by atoms with E-state index < -0.39 is 5.97 Å². The summed E-state index contributed by atoms with van der Waals surface area (Å²) in [7, 11) is 0. The maximum absolute atomic E-state index is 11.1. The van der Waals surface area contributed by atoms with E-state index in [9.17, 15) is 9.59 Å². The van der Waals surface area contributed by atoms with E-state index in [4.69, 9.17) is 10.8 Å². The van der Waals surface area contributed by atoms with Crippen LogP contribution in [0.4, 0.5) is 5.82 Å². The number of aromatic amines is 1. The summed E-state index contributed by atoms with van der Waals surface area (Å²) in [6, 6.07) is 0. The predicted molar refractivity (Wildman–Crippen MR) is 47.8 cm³/mol. The van der Waals surface area contributed by atoms with Crippen molar-refractivity contribution in [3.63, 3.8) is 0 Å². The summed E-state index contributed by atoms with van der Waals surface area (Å²) >= 11 is 0. The fourth-order valence-electron chi connectivity index (χ4n) is 0.877. The van der Waals surface area contributed by atoms with Crippen molar-refractivity contribution >= 4 is 17.7 Å². The van der Waals surface area contributed by atoms with Crippen molar-refractivity contribution in [2.45, 2.75) is 6.42 Å². The number of amides is 1. The molecular weight excluding hydrogens is 188 g/mol. The first-order valence-corrected chi connectivity index (χ1v) is 3.91. The fourth-order valence-corrected chi connectivity index (χ4v) is 0.877. The molecule has 0 aliphatic heterocycles. The van der Waals surface area contributed by atoms with Gasteiger partial charge < -0.3 is 16.2 Å². The molecule has 76 valence electrons. The van der Waals surface area contributed by atoms with Gasteiger partial charge in [0.1, 0.15) is 11.4 Å². The van der Waals surface area contributed by atoms with Gasteiger partial charge >= 0.3 is 5.97 Å². The summed E-state index contributed by atoms with van der Waals surface area (Å²) in [6.45, 7) is 0.211. The molecule has 0 bridgehead atoms. The molecule has 1 amide bonds. The molecule has 0 aliphatic carbocycles. The van der Waals surface area contributed by atoms with Crippen LogP contribution in [0.5, 0.6) is 0 Å². The quantitative estimate of drug-likeness (QED) is 0.514. The number of nitrogens with two attached hydrogens (primary N) is 1. The Bertz CT molecular complexity index is 346. The number of nitrogens with one attached hydrogen (secondary N) is 2. The zero-order valence-corrected chi connectivity index (χ0v) is 7.28. The molecule has 1 aromatic rings. The van der Waals surface area contributed by atoms with E-state index in [0.29, 0.717) is 0 Å². The van der Waals surface area contributed by atoms with Crippen LogP contribution in [0.25, 0.3) is 0 Å². The number of carbonyl (C=O) groups is 2. The van der Waals surface area contributed by atoms with Crippen LogP contribution in [0.2, 0.25) is 0 Å². The molecule has 1 rings (SSSR count). The maximum atomic E-state index is 11.1. The van der Waals surface area contributed by atoms with Gasteiger partial charge in [-0.05, 0) is 0 Å². The maximum Gasteiger partial charge on any atom is 0.341 e. The molecule has 0 unspecified atom stereocenters. The number of nitrogens with zero attached hydrogens (tertiary/aromatic N) is 1. The number of hydrogen-bond donors (Lipinski definition) is 4. The standard InChI is InChI=1S/C7H10N4O3/c8-2-1-5(12)10-6-4(7(13)14)3-9-11-6/h3H,1-2,8H2,(H,13,14)(H2,9,10,11,12). The SMILES string of the molecule is NCCC(=O)Nc1[nH]ncc1C(=O)O. The number of aromatic nitrogens is 2. The molecule has 7 heteroatoms. The van der Waals surface area contributed by atoms with Crippen LogP contribution in [0.15, 0.2) is 6.20 Å². The zero-order valence-electron chi connectivity index (χ0n) is 7.28. The summed E-state index contributed by atoms with van der Waals surface area (Å²) in [4.78, 5) is 21.6. The molecule has 0 saturated carbocycles. The molecule has 0 spiro atoms. The number of H-pyrrole nitrogens is 1. The van der Waals surface area contributed by atoms with Gasteiger partial charge in [0.25, 0.3) is 0 Å². The smallest absolute Gasteiger partial charge is 0.341 e. The van der Waals surface area contributed by atoms with Gasteiger partial charge in [0, 0.05) is 13.0 Å². The highest BCUT2D eigenvalue weighted by Gasteiger charge is 2.13. The van der Waals surface area contributed by atoms with E-state index in [1.54, 1.807) is 0 Å². The van der Waals surface area contributed by atoms with E-state index in [1.165, 1.54) is 0 Å². The Labute approximate surface area is 79.3 Å². The van der Waals surface area contributed by atoms with E-state index in [-0.39, 0.29) is 30.3 Å². The van der Waals surface area contributed by atoms with E-state index in [2.05, 4.69) is 15.5 Å². The summed E-state index contributed by atoms with van der Waals surface area (Å²) in [6.07, 6.45) is 1.26. The largest absolute Gasteiger partial charge is 0.477 e. The van der Waals surface area contributed by atoms with Crippen LogP contribution in [0.1, 0.15) is 16.8 Å². The van der Waals surface area contributed by atoms with Gasteiger partial charge in [-0.3, -0.25) is 9.89 Å². The first kappa shape index (κ1) is 10.2. The van der Waals surface area contributed by atoms with Gasteiger partial charge in [-0.25, -0.2) is 4.79 Å². The van der Waals surface area contributed by atoms with Crippen molar-refractivity contribution in [3.05, 3.63) is 11.8 Å². The molecule has 0 atom stereocenters. The van der Waals surface area contributed by atoms with Crippen LogP contribution < -0.4 is 11.1 Å². The molecule has 0 saturated heterocycles. The van der Waals surface area contributed by atoms with Crippen LogP contribution in [-0.4, -0.2) is 33.7 Å². The predicted octanol–water partition coefficient (Wildman–Crippen LogP) is -0.605. The monoisotopic (exact) mass is 198 g/mol. The van der Waals surface area contributed by atoms with Crippen molar-refractivity contribution in [1.82, 2.24) is 10.2 Å². The third kappa shape index (κ3) is 2.30. The fraction of sp³-hybridized carbons (Fsp3) is 0.286. The number of hydrogen-bond acceptors (Lipinski definition) is 4. The number of anilines is 1. The Morgan fingerprint density at radius 1 is 1.64 bits per heavy atom. The second-order valence-corrected chi connectivity index (χ2v) is 2.55. The third-order valence-electron chi connectivity index (χ3n) is 1.51. The Hall–Kier alpha value is -1.89. The highest BCUT2D eigenvalue weighted by molar-refractivity contribution is 5.99. The number of carbonyl (C=O) groups excluding carboxylic acids is 1. The lowest BCUT2D eigenvalue weighted by molar-refractivity contribution is -0.116. The van der Waals surface area contributed by atoms with Crippen molar-refractivity contribution < 1.29 is 14.7 Å². The number of aromatic carboxylic acids is 1. The summed E-state index contributed by atoms with van der Waals surface area (Å²) in [5.74, 6) is -1.42. The lowest BCUT2D eigenvalue weighted by Gasteiger charge is -2.01. The van der Waals surface area contributed by atoms with Crippen LogP contribution in [0, 0.1) is 0 Å². The lowest BCUT2D eigenvalue weighted by atomic mass is 10.3. The van der Waals surface area contributed by atoms with Crippen LogP contribution in [-0.2, 0) is 4.79 Å². The Morgan fingerprint density at radius 2 is 2.36 bits per heavy atom. The number of rotatable bonds is 4. The number of carboxylic acid groups (broad SMARTS) is 1. The highest BCUT2D eigenvalue weighted by atomic mass is 16.4. The second-order valence-electron chi connectivity index (χ2n) is 2.55. The third-order valence-corrected chi connectivity index (χ3v) is 1.51. The molecule has 0 fully saturated rings. The van der Waals surface area contributed by atoms with Crippen molar-refractivity contribution in [1.29, 1.82) is 0 Å². The van der Waals surface area contributed by atoms with Gasteiger partial charge in [-0.2, -0.15) is 5.10 Å². The summed E-state index contributed by atoms with van der Waals surface area (Å²) in [5, 5.41) is 16.9. The van der Waals surface area contributed by atoms with E-state index in [1.807, 2.05) is 0 Å². The molecule has 0 radical (unpaired) electrons. The molecule has 0 aromatic carbocycles. The minimum atomic E-state index is -1.15. The molecule has 0 aliphatic rings. The van der Waals surface area contributed by atoms with Crippen LogP contribution in [0.3, 0.4) is 0 Å². The van der Waals surface area contributed by atoms with Crippen molar-refractivity contribution in [3.8, 4) is 0 Å². The van der Waals surface area contributed by atoms with E-state index in [0.717, 1.165) is 6.20 Å². The Morgan fingerprint density at radius 3 is 2.93 bits per heavy atom. The molecule has 7 nitrogen and oxygen atoms in total. The molecular formula is C7H10N4O3. The van der Waals surface area contributed by atoms with Crippen LogP contribution >= 0.6 is 0 Å². The van der Waals surface area contributed by atoms with Gasteiger partial charge in [0.05, 0.1) is 6.20 Å². The molecule has 14 heavy (non-hydrogen) atoms.